The molecular formula is C23H30N2O3. The van der Waals surface area contributed by atoms with Gasteiger partial charge in [0.1, 0.15) is 11.8 Å². The van der Waals surface area contributed by atoms with E-state index < -0.39 is 6.04 Å². The number of nitrogens with one attached hydrogen (secondary N) is 1. The number of hydrogen-bond acceptors (Lipinski definition) is 3. The van der Waals surface area contributed by atoms with Crippen LogP contribution in [0.5, 0.6) is 5.75 Å². The van der Waals surface area contributed by atoms with Crippen LogP contribution in [0.4, 0.5) is 0 Å². The topological polar surface area (TPSA) is 58.6 Å². The predicted octanol–water partition coefficient (Wildman–Crippen LogP) is 3.63. The fourth-order valence-electron chi connectivity index (χ4n) is 3.03. The Kier molecular flexibility index (Phi) is 8.05. The average Bonchev–Trinajstić information content (AvgIpc) is 2.68. The highest BCUT2D eigenvalue weighted by atomic mass is 16.5. The van der Waals surface area contributed by atoms with E-state index >= 15 is 0 Å². The molecule has 0 saturated heterocycles. The van der Waals surface area contributed by atoms with Crippen molar-refractivity contribution in [2.24, 2.45) is 0 Å². The van der Waals surface area contributed by atoms with Gasteiger partial charge in [0.15, 0.2) is 6.61 Å². The van der Waals surface area contributed by atoms with Crippen LogP contribution in [-0.2, 0) is 16.1 Å². The summed E-state index contributed by atoms with van der Waals surface area (Å²) in [5.41, 5.74) is 3.20. The van der Waals surface area contributed by atoms with E-state index in [9.17, 15) is 9.59 Å². The molecule has 5 heteroatoms. The lowest BCUT2D eigenvalue weighted by Crippen LogP contribution is -2.50. The molecule has 1 N–H and O–H groups in total. The molecule has 0 aromatic heterocycles. The van der Waals surface area contributed by atoms with E-state index in [-0.39, 0.29) is 18.4 Å². The number of rotatable bonds is 9. The van der Waals surface area contributed by atoms with Gasteiger partial charge in [0.25, 0.3) is 5.91 Å². The highest BCUT2D eigenvalue weighted by Gasteiger charge is 2.28. The molecule has 0 radical (unpaired) electrons. The number of nitrogens with zero attached hydrogens (tertiary/aromatic N) is 1. The summed E-state index contributed by atoms with van der Waals surface area (Å²) in [5, 5.41) is 2.83. The molecule has 0 unspecified atom stereocenters. The number of amides is 2. The average molecular weight is 383 g/mol. The molecule has 150 valence electrons. The molecule has 2 aromatic rings. The van der Waals surface area contributed by atoms with Crippen LogP contribution in [-0.4, -0.2) is 35.9 Å². The molecule has 28 heavy (non-hydrogen) atoms. The van der Waals surface area contributed by atoms with Crippen molar-refractivity contribution in [1.29, 1.82) is 0 Å². The highest BCUT2D eigenvalue weighted by molar-refractivity contribution is 5.88. The zero-order valence-corrected chi connectivity index (χ0v) is 17.2. The summed E-state index contributed by atoms with van der Waals surface area (Å²) in [6, 6.07) is 15.0. The minimum Gasteiger partial charge on any atom is -0.484 e. The van der Waals surface area contributed by atoms with Crippen LogP contribution in [0.15, 0.2) is 48.5 Å². The minimum absolute atomic E-state index is 0.106. The summed E-state index contributed by atoms with van der Waals surface area (Å²) >= 11 is 0. The maximum Gasteiger partial charge on any atom is 0.261 e. The first-order valence-electron chi connectivity index (χ1n) is 9.76. The lowest BCUT2D eigenvalue weighted by molar-refractivity contribution is -0.142. The first kappa shape index (κ1) is 21.5. The van der Waals surface area contributed by atoms with Crippen LogP contribution in [0.1, 0.15) is 37.0 Å². The van der Waals surface area contributed by atoms with Gasteiger partial charge in [-0.05, 0) is 50.5 Å². The molecule has 0 fully saturated rings. The van der Waals surface area contributed by atoms with Crippen molar-refractivity contribution in [1.82, 2.24) is 10.2 Å². The maximum absolute atomic E-state index is 13.0. The molecular weight excluding hydrogens is 352 g/mol. The molecule has 2 amide bonds. The Morgan fingerprint density at radius 3 is 2.36 bits per heavy atom. The third kappa shape index (κ3) is 6.12. The van der Waals surface area contributed by atoms with E-state index in [1.165, 1.54) is 0 Å². The number of likely N-dealkylation sites (N-methyl/N-ethyl adjacent to an activating group) is 1. The van der Waals surface area contributed by atoms with Crippen LogP contribution >= 0.6 is 0 Å². The second kappa shape index (κ2) is 10.5. The van der Waals surface area contributed by atoms with Gasteiger partial charge in [0.2, 0.25) is 5.91 Å². The Morgan fingerprint density at radius 1 is 1.04 bits per heavy atom. The molecule has 0 saturated carbocycles. The van der Waals surface area contributed by atoms with Crippen LogP contribution in [0, 0.1) is 13.8 Å². The third-order valence-electron chi connectivity index (χ3n) is 4.56. The molecule has 1 atom stereocenters. The molecule has 2 rings (SSSR count). The summed E-state index contributed by atoms with van der Waals surface area (Å²) in [5.74, 6) is 0.302. The Labute approximate surface area is 167 Å². The summed E-state index contributed by atoms with van der Waals surface area (Å²) < 4.78 is 5.70. The fraction of sp³-hybridized carbons (Fsp3) is 0.391. The summed E-state index contributed by atoms with van der Waals surface area (Å²) in [6.45, 7) is 8.57. The summed E-state index contributed by atoms with van der Waals surface area (Å²) in [4.78, 5) is 27.2. The standard InChI is InChI=1S/C23H30N2O3/c1-5-21(23(27)24-6-2)25(15-19-12-10-17(3)11-13-19)22(26)16-28-20-9-7-8-18(4)14-20/h7-14,21H,5-6,15-16H2,1-4H3,(H,24,27)/t21-/m1/s1. The van der Waals surface area contributed by atoms with Crippen molar-refractivity contribution in [3.63, 3.8) is 0 Å². The van der Waals surface area contributed by atoms with Crippen LogP contribution in [0.25, 0.3) is 0 Å². The van der Waals surface area contributed by atoms with Gasteiger partial charge in [-0.2, -0.15) is 0 Å². The lowest BCUT2D eigenvalue weighted by atomic mass is 10.1. The summed E-state index contributed by atoms with van der Waals surface area (Å²) in [6.07, 6.45) is 0.536. The van der Waals surface area contributed by atoms with Crippen molar-refractivity contribution in [3.05, 3.63) is 65.2 Å². The van der Waals surface area contributed by atoms with Gasteiger partial charge in [-0.15, -0.1) is 0 Å². The zero-order chi connectivity index (χ0) is 20.5. The van der Waals surface area contributed by atoms with E-state index in [1.54, 1.807) is 4.90 Å². The molecule has 0 aliphatic carbocycles. The van der Waals surface area contributed by atoms with Gasteiger partial charge in [-0.1, -0.05) is 48.9 Å². The number of ether oxygens (including phenoxy) is 1. The summed E-state index contributed by atoms with van der Waals surface area (Å²) in [7, 11) is 0. The van der Waals surface area contributed by atoms with Gasteiger partial charge in [-0.25, -0.2) is 0 Å². The van der Waals surface area contributed by atoms with Crippen molar-refractivity contribution < 1.29 is 14.3 Å². The molecule has 0 aliphatic rings. The van der Waals surface area contributed by atoms with Crippen LogP contribution in [0.2, 0.25) is 0 Å². The van der Waals surface area contributed by atoms with Crippen molar-refractivity contribution in [2.75, 3.05) is 13.2 Å². The zero-order valence-electron chi connectivity index (χ0n) is 17.2. The number of hydrogen-bond donors (Lipinski definition) is 1. The van der Waals surface area contributed by atoms with Crippen LogP contribution < -0.4 is 10.1 Å². The van der Waals surface area contributed by atoms with Gasteiger partial charge in [-0.3, -0.25) is 9.59 Å². The van der Waals surface area contributed by atoms with Gasteiger partial charge in [0, 0.05) is 13.1 Å². The van der Waals surface area contributed by atoms with E-state index in [0.717, 1.165) is 16.7 Å². The smallest absolute Gasteiger partial charge is 0.261 e. The van der Waals surface area contributed by atoms with Crippen molar-refractivity contribution in [2.45, 2.75) is 46.7 Å². The SMILES string of the molecule is CCNC(=O)[C@@H](CC)N(Cc1ccc(C)cc1)C(=O)COc1cccc(C)c1. The number of carbonyl (C=O) groups excluding carboxylic acids is 2. The monoisotopic (exact) mass is 382 g/mol. The van der Waals surface area contributed by atoms with E-state index in [0.29, 0.717) is 25.3 Å². The normalized spacial score (nSPS) is 11.6. The third-order valence-corrected chi connectivity index (χ3v) is 4.56. The molecule has 0 heterocycles. The molecule has 5 nitrogen and oxygen atoms in total. The van der Waals surface area contributed by atoms with E-state index in [2.05, 4.69) is 5.32 Å². The molecule has 2 aromatic carbocycles. The molecule has 0 aliphatic heterocycles. The van der Waals surface area contributed by atoms with E-state index in [1.807, 2.05) is 76.2 Å². The number of carbonyl (C=O) groups is 2. The minimum atomic E-state index is -0.533. The van der Waals surface area contributed by atoms with Gasteiger partial charge in [0.05, 0.1) is 0 Å². The highest BCUT2D eigenvalue weighted by Crippen LogP contribution is 2.16. The quantitative estimate of drug-likeness (QED) is 0.721. The first-order valence-corrected chi connectivity index (χ1v) is 9.76. The fourth-order valence-corrected chi connectivity index (χ4v) is 3.03. The van der Waals surface area contributed by atoms with E-state index in [4.69, 9.17) is 4.74 Å². The van der Waals surface area contributed by atoms with Crippen molar-refractivity contribution >= 4 is 11.8 Å². The first-order chi connectivity index (χ1) is 13.4. The Bertz CT molecular complexity index is 787. The van der Waals surface area contributed by atoms with Crippen molar-refractivity contribution in [3.8, 4) is 5.75 Å². The molecule has 0 spiro atoms. The Morgan fingerprint density at radius 2 is 1.75 bits per heavy atom. The maximum atomic E-state index is 13.0. The second-order valence-electron chi connectivity index (χ2n) is 6.93. The van der Waals surface area contributed by atoms with Gasteiger partial charge >= 0.3 is 0 Å². The lowest BCUT2D eigenvalue weighted by Gasteiger charge is -2.30. The predicted molar refractivity (Wildman–Crippen MR) is 111 cm³/mol. The number of aryl methyl sites for hydroxylation is 2. The Balaban J connectivity index is 2.18. The number of benzene rings is 2. The van der Waals surface area contributed by atoms with Gasteiger partial charge < -0.3 is 15.0 Å². The largest absolute Gasteiger partial charge is 0.484 e. The Hall–Kier alpha value is -2.82. The second-order valence-corrected chi connectivity index (χ2v) is 6.93. The molecule has 0 bridgehead atoms. The van der Waals surface area contributed by atoms with Crippen LogP contribution in [0.3, 0.4) is 0 Å².